The number of benzene rings is 1. The Morgan fingerprint density at radius 2 is 1.96 bits per heavy atom. The second-order valence-corrected chi connectivity index (χ2v) is 5.54. The summed E-state index contributed by atoms with van der Waals surface area (Å²) in [7, 11) is 0. The van der Waals surface area contributed by atoms with Gasteiger partial charge in [-0.2, -0.15) is 0 Å². The SMILES string of the molecule is CCOC(=O)c1cc(/C=C/CCCCC[C@@H](C)O)c(O)cc1O. The summed E-state index contributed by atoms with van der Waals surface area (Å²) >= 11 is 0. The van der Waals surface area contributed by atoms with Crippen LogP contribution in [0.4, 0.5) is 0 Å². The molecule has 0 heterocycles. The van der Waals surface area contributed by atoms with Gasteiger partial charge in [0.15, 0.2) is 0 Å². The molecule has 3 N–H and O–H groups in total. The first-order valence-electron chi connectivity index (χ1n) is 8.03. The molecule has 1 atom stereocenters. The summed E-state index contributed by atoms with van der Waals surface area (Å²) in [6.45, 7) is 3.69. The van der Waals surface area contributed by atoms with E-state index in [-0.39, 0.29) is 29.8 Å². The first-order valence-corrected chi connectivity index (χ1v) is 8.03. The minimum absolute atomic E-state index is 0.0428. The van der Waals surface area contributed by atoms with E-state index in [1.807, 2.05) is 6.08 Å². The van der Waals surface area contributed by atoms with Crippen LogP contribution in [0.15, 0.2) is 18.2 Å². The van der Waals surface area contributed by atoms with E-state index in [0.29, 0.717) is 5.56 Å². The molecule has 0 aliphatic carbocycles. The lowest BCUT2D eigenvalue weighted by Crippen LogP contribution is -2.05. The molecule has 0 saturated carbocycles. The molecule has 1 aromatic carbocycles. The maximum absolute atomic E-state index is 11.7. The fraction of sp³-hybridized carbons (Fsp3) is 0.500. The Bertz CT molecular complexity index is 534. The molecule has 0 fully saturated rings. The number of aliphatic hydroxyl groups excluding tert-OH is 1. The number of phenols is 2. The molecule has 0 saturated heterocycles. The van der Waals surface area contributed by atoms with Crippen LogP contribution in [-0.4, -0.2) is 34.0 Å². The number of unbranched alkanes of at least 4 members (excludes halogenated alkanes) is 3. The van der Waals surface area contributed by atoms with E-state index >= 15 is 0 Å². The zero-order valence-electron chi connectivity index (χ0n) is 13.8. The average molecular weight is 322 g/mol. The summed E-state index contributed by atoms with van der Waals surface area (Å²) in [5.41, 5.74) is 0.510. The van der Waals surface area contributed by atoms with Gasteiger partial charge in [-0.25, -0.2) is 4.79 Å². The highest BCUT2D eigenvalue weighted by atomic mass is 16.5. The Morgan fingerprint density at radius 1 is 1.22 bits per heavy atom. The van der Waals surface area contributed by atoms with Gasteiger partial charge in [0.2, 0.25) is 0 Å². The molecule has 0 amide bonds. The van der Waals surface area contributed by atoms with Crippen molar-refractivity contribution >= 4 is 12.0 Å². The second kappa shape index (κ2) is 9.90. The number of esters is 1. The Labute approximate surface area is 137 Å². The predicted octanol–water partition coefficient (Wildman–Crippen LogP) is 3.62. The van der Waals surface area contributed by atoms with E-state index in [1.165, 1.54) is 6.07 Å². The number of rotatable bonds is 9. The maximum Gasteiger partial charge on any atom is 0.341 e. The molecule has 0 unspecified atom stereocenters. The van der Waals surface area contributed by atoms with Crippen LogP contribution in [0.3, 0.4) is 0 Å². The van der Waals surface area contributed by atoms with E-state index in [0.717, 1.165) is 38.2 Å². The van der Waals surface area contributed by atoms with Gasteiger partial charge in [-0.15, -0.1) is 0 Å². The van der Waals surface area contributed by atoms with Crippen LogP contribution in [0.5, 0.6) is 11.5 Å². The van der Waals surface area contributed by atoms with Crippen LogP contribution < -0.4 is 0 Å². The molecule has 0 bridgehead atoms. The highest BCUT2D eigenvalue weighted by Gasteiger charge is 2.15. The van der Waals surface area contributed by atoms with Gasteiger partial charge in [-0.1, -0.05) is 25.0 Å². The lowest BCUT2D eigenvalue weighted by molar-refractivity contribution is 0.0523. The molecule has 128 valence electrons. The van der Waals surface area contributed by atoms with E-state index in [4.69, 9.17) is 9.84 Å². The van der Waals surface area contributed by atoms with Crippen molar-refractivity contribution in [2.45, 2.75) is 52.1 Å². The van der Waals surface area contributed by atoms with Crippen molar-refractivity contribution < 1.29 is 24.9 Å². The minimum Gasteiger partial charge on any atom is -0.507 e. The fourth-order valence-corrected chi connectivity index (χ4v) is 2.19. The monoisotopic (exact) mass is 322 g/mol. The molecule has 1 rings (SSSR count). The van der Waals surface area contributed by atoms with Crippen LogP contribution in [0.1, 0.15) is 61.9 Å². The number of phenolic OH excluding ortho intramolecular Hbond substituents is 2. The molecule has 5 heteroatoms. The van der Waals surface area contributed by atoms with Crippen molar-refractivity contribution in [1.29, 1.82) is 0 Å². The third-order valence-corrected chi connectivity index (χ3v) is 3.43. The predicted molar refractivity (Wildman–Crippen MR) is 89.5 cm³/mol. The molecular weight excluding hydrogens is 296 g/mol. The number of hydrogen-bond acceptors (Lipinski definition) is 5. The Morgan fingerprint density at radius 3 is 2.61 bits per heavy atom. The Hall–Kier alpha value is -2.01. The zero-order valence-corrected chi connectivity index (χ0v) is 13.8. The number of hydrogen-bond donors (Lipinski definition) is 3. The van der Waals surface area contributed by atoms with Gasteiger partial charge in [0.1, 0.15) is 17.1 Å². The molecule has 1 aromatic rings. The Kier molecular flexibility index (Phi) is 8.19. The molecule has 0 aromatic heterocycles. The highest BCUT2D eigenvalue weighted by molar-refractivity contribution is 5.93. The van der Waals surface area contributed by atoms with Gasteiger partial charge in [0.25, 0.3) is 0 Å². The third kappa shape index (κ3) is 6.74. The summed E-state index contributed by atoms with van der Waals surface area (Å²) < 4.78 is 4.87. The maximum atomic E-state index is 11.7. The smallest absolute Gasteiger partial charge is 0.341 e. The van der Waals surface area contributed by atoms with Gasteiger partial charge >= 0.3 is 5.97 Å². The van der Waals surface area contributed by atoms with Gasteiger partial charge in [0, 0.05) is 11.6 Å². The van der Waals surface area contributed by atoms with Crippen molar-refractivity contribution in [2.75, 3.05) is 6.61 Å². The number of aliphatic hydroxyl groups is 1. The summed E-state index contributed by atoms with van der Waals surface area (Å²) in [6.07, 6.45) is 8.07. The number of aromatic hydroxyl groups is 2. The molecule has 0 aliphatic rings. The van der Waals surface area contributed by atoms with Crippen molar-refractivity contribution in [1.82, 2.24) is 0 Å². The molecular formula is C18H26O5. The number of carbonyl (C=O) groups is 1. The van der Waals surface area contributed by atoms with Crippen molar-refractivity contribution in [2.24, 2.45) is 0 Å². The van der Waals surface area contributed by atoms with Crippen LogP contribution in [0.25, 0.3) is 6.08 Å². The summed E-state index contributed by atoms with van der Waals surface area (Å²) in [6, 6.07) is 2.57. The van der Waals surface area contributed by atoms with Crippen LogP contribution in [0.2, 0.25) is 0 Å². The van der Waals surface area contributed by atoms with E-state index in [9.17, 15) is 15.0 Å². The standard InChI is InChI=1S/C18H26O5/c1-3-23-18(22)15-11-14(16(20)12-17(15)21)10-8-6-4-5-7-9-13(2)19/h8,10-13,19-21H,3-7,9H2,1-2H3/b10-8+/t13-/m1/s1. The van der Waals surface area contributed by atoms with E-state index < -0.39 is 5.97 Å². The fourth-order valence-electron chi connectivity index (χ4n) is 2.19. The van der Waals surface area contributed by atoms with E-state index in [2.05, 4.69) is 0 Å². The lowest BCUT2D eigenvalue weighted by Gasteiger charge is -2.07. The number of carbonyl (C=O) groups excluding carboxylic acids is 1. The number of ether oxygens (including phenoxy) is 1. The summed E-state index contributed by atoms with van der Waals surface area (Å²) in [5.74, 6) is -0.991. The van der Waals surface area contributed by atoms with Gasteiger partial charge in [-0.3, -0.25) is 0 Å². The van der Waals surface area contributed by atoms with E-state index in [1.54, 1.807) is 19.9 Å². The van der Waals surface area contributed by atoms with Gasteiger partial charge in [-0.05, 0) is 39.2 Å². The lowest BCUT2D eigenvalue weighted by atomic mass is 10.1. The number of allylic oxidation sites excluding steroid dienone is 1. The van der Waals surface area contributed by atoms with Crippen LogP contribution >= 0.6 is 0 Å². The van der Waals surface area contributed by atoms with Crippen LogP contribution in [0, 0.1) is 0 Å². The normalized spacial score (nSPS) is 12.5. The van der Waals surface area contributed by atoms with Crippen molar-refractivity contribution in [3.8, 4) is 11.5 Å². The van der Waals surface area contributed by atoms with Crippen LogP contribution in [-0.2, 0) is 4.74 Å². The summed E-state index contributed by atoms with van der Waals surface area (Å²) in [5, 5.41) is 28.7. The first-order chi connectivity index (χ1) is 11.0. The first kappa shape index (κ1) is 19.0. The molecule has 0 aliphatic heterocycles. The quantitative estimate of drug-likeness (QED) is 0.477. The van der Waals surface area contributed by atoms with Gasteiger partial charge < -0.3 is 20.1 Å². The zero-order chi connectivity index (χ0) is 17.2. The average Bonchev–Trinajstić information content (AvgIpc) is 2.48. The van der Waals surface area contributed by atoms with Gasteiger partial charge in [0.05, 0.1) is 12.7 Å². The Balaban J connectivity index is 2.60. The third-order valence-electron chi connectivity index (χ3n) is 3.43. The second-order valence-electron chi connectivity index (χ2n) is 5.54. The largest absolute Gasteiger partial charge is 0.507 e. The molecule has 5 nitrogen and oxygen atoms in total. The minimum atomic E-state index is -0.613. The highest BCUT2D eigenvalue weighted by Crippen LogP contribution is 2.29. The topological polar surface area (TPSA) is 87.0 Å². The molecule has 0 radical (unpaired) electrons. The molecule has 0 spiro atoms. The molecule has 23 heavy (non-hydrogen) atoms. The summed E-state index contributed by atoms with van der Waals surface area (Å²) in [4.78, 5) is 11.7. The van der Waals surface area contributed by atoms with Crippen molar-refractivity contribution in [3.63, 3.8) is 0 Å². The van der Waals surface area contributed by atoms with Crippen molar-refractivity contribution in [3.05, 3.63) is 29.3 Å².